The van der Waals surface area contributed by atoms with Gasteiger partial charge in [-0.3, -0.25) is 0 Å². The van der Waals surface area contributed by atoms with E-state index in [4.69, 9.17) is 5.26 Å². The maximum Gasteiger partial charge on any atom is 0.0684 e. The van der Waals surface area contributed by atoms with Crippen LogP contribution in [0.3, 0.4) is 0 Å². The third-order valence-corrected chi connectivity index (χ3v) is 2.81. The average molecular weight is 195 g/mol. The fourth-order valence-electron chi connectivity index (χ4n) is 1.71. The molecule has 80 valence electrons. The third kappa shape index (κ3) is 3.65. The smallest absolute Gasteiger partial charge is 0.0684 e. The molecule has 1 atom stereocenters. The molecule has 3 heteroatoms. The summed E-state index contributed by atoms with van der Waals surface area (Å²) < 4.78 is 0. The molecule has 14 heavy (non-hydrogen) atoms. The van der Waals surface area contributed by atoms with Gasteiger partial charge in [-0.05, 0) is 33.7 Å². The Balaban J connectivity index is 2.28. The van der Waals surface area contributed by atoms with Gasteiger partial charge in [0.2, 0.25) is 0 Å². The van der Waals surface area contributed by atoms with Crippen molar-refractivity contribution in [3.63, 3.8) is 0 Å². The molecule has 1 saturated heterocycles. The van der Waals surface area contributed by atoms with E-state index in [1.807, 2.05) is 13.8 Å². The largest absolute Gasteiger partial charge is 0.312 e. The second kappa shape index (κ2) is 4.77. The second-order valence-electron chi connectivity index (χ2n) is 4.90. The van der Waals surface area contributed by atoms with Crippen LogP contribution in [0, 0.1) is 16.7 Å². The van der Waals surface area contributed by atoms with Crippen LogP contribution in [-0.2, 0) is 0 Å². The van der Waals surface area contributed by atoms with Gasteiger partial charge in [0, 0.05) is 25.7 Å². The summed E-state index contributed by atoms with van der Waals surface area (Å²) >= 11 is 0. The zero-order chi connectivity index (χ0) is 10.6. The summed E-state index contributed by atoms with van der Waals surface area (Å²) in [6.07, 6.45) is 0.968. The fourth-order valence-corrected chi connectivity index (χ4v) is 1.71. The molecule has 1 N–H and O–H groups in total. The molecule has 0 saturated carbocycles. The van der Waals surface area contributed by atoms with Gasteiger partial charge >= 0.3 is 0 Å². The number of hydrogen-bond acceptors (Lipinski definition) is 3. The molecule has 0 aromatic carbocycles. The molecule has 0 aromatic rings. The Labute approximate surface area is 87.1 Å². The first-order chi connectivity index (χ1) is 6.53. The molecule has 1 fully saturated rings. The molecule has 0 bridgehead atoms. The molecule has 0 aromatic heterocycles. The monoisotopic (exact) mass is 195 g/mol. The van der Waals surface area contributed by atoms with Crippen molar-refractivity contribution in [3.8, 4) is 6.07 Å². The topological polar surface area (TPSA) is 39.1 Å². The van der Waals surface area contributed by atoms with E-state index in [0.29, 0.717) is 6.04 Å². The Morgan fingerprint density at radius 1 is 1.57 bits per heavy atom. The molecule has 1 unspecified atom stereocenters. The maximum absolute atomic E-state index is 8.89. The van der Waals surface area contributed by atoms with Gasteiger partial charge in [0.15, 0.2) is 0 Å². The summed E-state index contributed by atoms with van der Waals surface area (Å²) in [5.41, 5.74) is -0.173. The Morgan fingerprint density at radius 3 is 2.86 bits per heavy atom. The van der Waals surface area contributed by atoms with Crippen molar-refractivity contribution in [3.05, 3.63) is 0 Å². The minimum Gasteiger partial charge on any atom is -0.312 e. The molecule has 1 aliphatic heterocycles. The molecular weight excluding hydrogens is 174 g/mol. The molecule has 0 spiro atoms. The van der Waals surface area contributed by atoms with E-state index in [9.17, 15) is 0 Å². The number of piperazine rings is 1. The number of nitriles is 1. The van der Waals surface area contributed by atoms with Gasteiger partial charge in [-0.25, -0.2) is 0 Å². The van der Waals surface area contributed by atoms with E-state index in [2.05, 4.69) is 23.2 Å². The summed E-state index contributed by atoms with van der Waals surface area (Å²) in [6.45, 7) is 10.6. The lowest BCUT2D eigenvalue weighted by atomic mass is 9.91. The van der Waals surface area contributed by atoms with Gasteiger partial charge in [-0.1, -0.05) is 0 Å². The maximum atomic E-state index is 8.89. The van der Waals surface area contributed by atoms with E-state index >= 15 is 0 Å². The average Bonchev–Trinajstić information content (AvgIpc) is 2.15. The highest BCUT2D eigenvalue weighted by Crippen LogP contribution is 2.19. The zero-order valence-corrected chi connectivity index (χ0v) is 9.51. The predicted octanol–water partition coefficient (Wildman–Crippen LogP) is 1.22. The van der Waals surface area contributed by atoms with E-state index < -0.39 is 0 Å². The zero-order valence-electron chi connectivity index (χ0n) is 9.51. The SMILES string of the molecule is CC1CN(CCC(C)(C)C#N)CCN1. The number of nitrogens with zero attached hydrogens (tertiary/aromatic N) is 2. The third-order valence-electron chi connectivity index (χ3n) is 2.81. The van der Waals surface area contributed by atoms with Crippen LogP contribution in [0.25, 0.3) is 0 Å². The van der Waals surface area contributed by atoms with Gasteiger partial charge < -0.3 is 10.2 Å². The van der Waals surface area contributed by atoms with Crippen LogP contribution in [0.15, 0.2) is 0 Å². The van der Waals surface area contributed by atoms with Gasteiger partial charge in [-0.15, -0.1) is 0 Å². The summed E-state index contributed by atoms with van der Waals surface area (Å²) in [4.78, 5) is 2.44. The molecule has 1 rings (SSSR count). The van der Waals surface area contributed by atoms with Crippen molar-refractivity contribution in [2.45, 2.75) is 33.2 Å². The van der Waals surface area contributed by atoms with E-state index in [1.165, 1.54) is 0 Å². The standard InChI is InChI=1S/C11H21N3/c1-10-8-14(7-5-13-10)6-4-11(2,3)9-12/h10,13H,4-8H2,1-3H3. The highest BCUT2D eigenvalue weighted by molar-refractivity contribution is 4.92. The Bertz CT molecular complexity index is 217. The first-order valence-corrected chi connectivity index (χ1v) is 5.40. The minimum absolute atomic E-state index is 0.173. The fraction of sp³-hybridized carbons (Fsp3) is 0.909. The van der Waals surface area contributed by atoms with Gasteiger partial charge in [0.25, 0.3) is 0 Å². The van der Waals surface area contributed by atoms with Gasteiger partial charge in [-0.2, -0.15) is 5.26 Å². The van der Waals surface area contributed by atoms with Gasteiger partial charge in [0.1, 0.15) is 0 Å². The quantitative estimate of drug-likeness (QED) is 0.736. The second-order valence-corrected chi connectivity index (χ2v) is 4.90. The van der Waals surface area contributed by atoms with Crippen molar-refractivity contribution in [2.24, 2.45) is 5.41 Å². The van der Waals surface area contributed by atoms with Crippen molar-refractivity contribution in [1.29, 1.82) is 5.26 Å². The lowest BCUT2D eigenvalue weighted by Crippen LogP contribution is -2.49. The summed E-state index contributed by atoms with van der Waals surface area (Å²) in [5.74, 6) is 0. The minimum atomic E-state index is -0.173. The Morgan fingerprint density at radius 2 is 2.29 bits per heavy atom. The van der Waals surface area contributed by atoms with Crippen LogP contribution >= 0.6 is 0 Å². The van der Waals surface area contributed by atoms with Crippen LogP contribution in [0.1, 0.15) is 27.2 Å². The summed E-state index contributed by atoms with van der Waals surface area (Å²) in [7, 11) is 0. The molecule has 3 nitrogen and oxygen atoms in total. The molecule has 0 amide bonds. The van der Waals surface area contributed by atoms with Crippen LogP contribution in [0.2, 0.25) is 0 Å². The molecular formula is C11H21N3. The Hall–Kier alpha value is -0.590. The highest BCUT2D eigenvalue weighted by Gasteiger charge is 2.20. The number of rotatable bonds is 3. The Kier molecular flexibility index (Phi) is 3.91. The highest BCUT2D eigenvalue weighted by atomic mass is 15.2. The van der Waals surface area contributed by atoms with E-state index in [0.717, 1.165) is 32.6 Å². The number of hydrogen-bond donors (Lipinski definition) is 1. The van der Waals surface area contributed by atoms with Crippen molar-refractivity contribution in [1.82, 2.24) is 10.2 Å². The van der Waals surface area contributed by atoms with Crippen molar-refractivity contribution >= 4 is 0 Å². The molecule has 0 radical (unpaired) electrons. The normalized spacial score (nSPS) is 24.6. The van der Waals surface area contributed by atoms with E-state index in [1.54, 1.807) is 0 Å². The van der Waals surface area contributed by atoms with E-state index in [-0.39, 0.29) is 5.41 Å². The number of nitrogens with one attached hydrogen (secondary N) is 1. The summed E-state index contributed by atoms with van der Waals surface area (Å²) in [5, 5.41) is 12.3. The van der Waals surface area contributed by atoms with Crippen molar-refractivity contribution in [2.75, 3.05) is 26.2 Å². The van der Waals surface area contributed by atoms with Crippen LogP contribution in [-0.4, -0.2) is 37.1 Å². The van der Waals surface area contributed by atoms with Crippen LogP contribution in [0.5, 0.6) is 0 Å². The lowest BCUT2D eigenvalue weighted by Gasteiger charge is -2.33. The molecule has 1 aliphatic rings. The predicted molar refractivity (Wildman–Crippen MR) is 57.9 cm³/mol. The van der Waals surface area contributed by atoms with Gasteiger partial charge in [0.05, 0.1) is 11.5 Å². The molecule has 0 aliphatic carbocycles. The first-order valence-electron chi connectivity index (χ1n) is 5.40. The lowest BCUT2D eigenvalue weighted by molar-refractivity contribution is 0.189. The summed E-state index contributed by atoms with van der Waals surface area (Å²) in [6, 6.07) is 2.94. The van der Waals surface area contributed by atoms with Crippen LogP contribution < -0.4 is 5.32 Å². The van der Waals surface area contributed by atoms with Crippen LogP contribution in [0.4, 0.5) is 0 Å². The van der Waals surface area contributed by atoms with Crippen molar-refractivity contribution < 1.29 is 0 Å². The first kappa shape index (κ1) is 11.5. The molecule has 1 heterocycles.